The summed E-state index contributed by atoms with van der Waals surface area (Å²) in [5.74, 6) is -0.598. The van der Waals surface area contributed by atoms with Crippen molar-refractivity contribution in [2.24, 2.45) is 0 Å². The number of amides is 1. The Balaban J connectivity index is 2.28. The van der Waals surface area contributed by atoms with Gasteiger partial charge in [0, 0.05) is 33.0 Å². The minimum Gasteiger partial charge on any atom is -0.383 e. The van der Waals surface area contributed by atoms with Crippen LogP contribution in [0.2, 0.25) is 0 Å². The number of benzene rings is 1. The number of rotatable bonds is 15. The number of nitriles is 1. The number of methoxy groups -OCH3 is 2. The van der Waals surface area contributed by atoms with Crippen LogP contribution in [-0.2, 0) is 20.4 Å². The SMILES string of the molecule is COCCN(CCC[C@H](Nc1nc(N)nc(SC)c1C#N)C(=O)Nc1cccc(C(F)(F)F)c1)CCOC. The van der Waals surface area contributed by atoms with Gasteiger partial charge in [0.1, 0.15) is 22.7 Å². The van der Waals surface area contributed by atoms with Gasteiger partial charge in [-0.25, -0.2) is 4.98 Å². The number of ether oxygens (including phenoxy) is 2. The summed E-state index contributed by atoms with van der Waals surface area (Å²) in [5, 5.41) is 15.5. The number of nitrogen functional groups attached to an aromatic ring is 1. The average Bonchev–Trinajstić information content (AvgIpc) is 2.88. The number of hydrogen-bond acceptors (Lipinski definition) is 10. The fourth-order valence-corrected chi connectivity index (χ4v) is 4.07. The zero-order chi connectivity index (χ0) is 28.1. The molecule has 2 rings (SSSR count). The van der Waals surface area contributed by atoms with E-state index in [0.29, 0.717) is 44.3 Å². The van der Waals surface area contributed by atoms with E-state index in [1.54, 1.807) is 20.5 Å². The molecule has 0 aliphatic carbocycles. The Labute approximate surface area is 224 Å². The van der Waals surface area contributed by atoms with Crippen molar-refractivity contribution in [3.63, 3.8) is 0 Å². The third-order valence-electron chi connectivity index (χ3n) is 5.47. The van der Waals surface area contributed by atoms with E-state index in [1.165, 1.54) is 23.9 Å². The zero-order valence-corrected chi connectivity index (χ0v) is 22.3. The van der Waals surface area contributed by atoms with Crippen molar-refractivity contribution >= 4 is 35.1 Å². The van der Waals surface area contributed by atoms with Crippen molar-refractivity contribution in [1.29, 1.82) is 5.26 Å². The Morgan fingerprint density at radius 2 is 1.89 bits per heavy atom. The average molecular weight is 556 g/mol. The van der Waals surface area contributed by atoms with Gasteiger partial charge >= 0.3 is 6.18 Å². The van der Waals surface area contributed by atoms with Gasteiger partial charge in [0.25, 0.3) is 0 Å². The first kappa shape index (κ1) is 31.1. The van der Waals surface area contributed by atoms with Gasteiger partial charge in [0.2, 0.25) is 11.9 Å². The van der Waals surface area contributed by atoms with Crippen molar-refractivity contribution in [1.82, 2.24) is 14.9 Å². The molecule has 1 aromatic carbocycles. The fraction of sp³-hybridized carbons (Fsp3) is 0.500. The Hall–Kier alpha value is -3.12. The van der Waals surface area contributed by atoms with Gasteiger partial charge in [-0.3, -0.25) is 9.69 Å². The largest absolute Gasteiger partial charge is 0.416 e. The van der Waals surface area contributed by atoms with Crippen molar-refractivity contribution in [3.8, 4) is 6.07 Å². The van der Waals surface area contributed by atoms with Crippen molar-refractivity contribution < 1.29 is 27.4 Å². The molecule has 0 saturated carbocycles. The number of carbonyl (C=O) groups is 1. The van der Waals surface area contributed by atoms with Crippen LogP contribution in [-0.4, -0.2) is 80.1 Å². The van der Waals surface area contributed by atoms with Gasteiger partial charge < -0.3 is 25.8 Å². The molecule has 0 aliphatic heterocycles. The van der Waals surface area contributed by atoms with E-state index in [2.05, 4.69) is 25.5 Å². The molecule has 0 fully saturated rings. The van der Waals surface area contributed by atoms with Crippen LogP contribution in [0.3, 0.4) is 0 Å². The number of aromatic nitrogens is 2. The second-order valence-electron chi connectivity index (χ2n) is 8.16. The minimum absolute atomic E-state index is 0.00838. The fourth-order valence-electron chi connectivity index (χ4n) is 3.54. The molecule has 38 heavy (non-hydrogen) atoms. The first-order valence-corrected chi connectivity index (χ1v) is 12.9. The van der Waals surface area contributed by atoms with Crippen molar-refractivity contribution in [3.05, 3.63) is 35.4 Å². The highest BCUT2D eigenvalue weighted by Gasteiger charge is 2.31. The summed E-state index contributed by atoms with van der Waals surface area (Å²) >= 11 is 1.20. The van der Waals surface area contributed by atoms with Crippen LogP contribution in [0.1, 0.15) is 24.0 Å². The van der Waals surface area contributed by atoms with Gasteiger partial charge in [-0.2, -0.15) is 23.4 Å². The first-order chi connectivity index (χ1) is 18.1. The normalized spacial score (nSPS) is 12.3. The van der Waals surface area contributed by atoms with Crippen LogP contribution < -0.4 is 16.4 Å². The highest BCUT2D eigenvalue weighted by Crippen LogP contribution is 2.31. The molecular formula is C24H32F3N7O3S. The van der Waals surface area contributed by atoms with Crippen molar-refractivity contribution in [2.45, 2.75) is 30.1 Å². The third-order valence-corrected chi connectivity index (χ3v) is 6.16. The molecule has 1 heterocycles. The monoisotopic (exact) mass is 555 g/mol. The summed E-state index contributed by atoms with van der Waals surface area (Å²) < 4.78 is 49.8. The molecule has 1 aromatic heterocycles. The highest BCUT2D eigenvalue weighted by molar-refractivity contribution is 7.98. The van der Waals surface area contributed by atoms with E-state index in [9.17, 15) is 23.2 Å². The molecule has 0 aliphatic rings. The maximum Gasteiger partial charge on any atom is 0.416 e. The number of halogens is 3. The Morgan fingerprint density at radius 3 is 2.47 bits per heavy atom. The van der Waals surface area contributed by atoms with Gasteiger partial charge in [0.05, 0.1) is 18.8 Å². The number of anilines is 3. The second kappa shape index (κ2) is 15.3. The molecule has 0 unspecified atom stereocenters. The molecule has 208 valence electrons. The number of carbonyl (C=O) groups excluding carboxylic acids is 1. The van der Waals surface area contributed by atoms with Crippen LogP contribution in [0.15, 0.2) is 29.3 Å². The number of hydrogen-bond donors (Lipinski definition) is 3. The molecular weight excluding hydrogens is 523 g/mol. The lowest BCUT2D eigenvalue weighted by Gasteiger charge is -2.24. The predicted molar refractivity (Wildman–Crippen MR) is 140 cm³/mol. The summed E-state index contributed by atoms with van der Waals surface area (Å²) in [7, 11) is 3.21. The number of thioether (sulfide) groups is 1. The number of alkyl halides is 3. The molecule has 4 N–H and O–H groups in total. The van der Waals surface area contributed by atoms with E-state index in [1.807, 2.05) is 6.07 Å². The second-order valence-corrected chi connectivity index (χ2v) is 8.96. The molecule has 0 saturated heterocycles. The predicted octanol–water partition coefficient (Wildman–Crippen LogP) is 3.47. The summed E-state index contributed by atoms with van der Waals surface area (Å²) in [6.45, 7) is 2.96. The van der Waals surface area contributed by atoms with E-state index in [4.69, 9.17) is 15.2 Å². The van der Waals surface area contributed by atoms with Crippen LogP contribution in [0.25, 0.3) is 0 Å². The standard InChI is InChI=1S/C24H32F3N7O3S/c1-36-12-10-34(11-13-37-2)9-5-8-19(31-20-18(15-28)22(38-3)33-23(29)32-20)21(35)30-17-7-4-6-16(14-17)24(25,26)27/h4,6-7,14,19H,5,8-13H2,1-3H3,(H,30,35)(H3,29,31,32,33)/t19-/m0/s1. The Bertz CT molecular complexity index is 1090. The molecule has 1 amide bonds. The van der Waals surface area contributed by atoms with E-state index in [-0.39, 0.29) is 29.4 Å². The summed E-state index contributed by atoms with van der Waals surface area (Å²) in [6, 6.07) is 5.46. The maximum absolute atomic E-state index is 13.3. The van der Waals surface area contributed by atoms with Crippen LogP contribution in [0.4, 0.5) is 30.6 Å². The molecule has 2 aromatic rings. The van der Waals surface area contributed by atoms with E-state index < -0.39 is 23.7 Å². The van der Waals surface area contributed by atoms with Gasteiger partial charge in [-0.05, 0) is 43.8 Å². The molecule has 14 heteroatoms. The summed E-state index contributed by atoms with van der Waals surface area (Å²) in [5.41, 5.74) is 5.03. The topological polar surface area (TPSA) is 138 Å². The van der Waals surface area contributed by atoms with Gasteiger partial charge in [0.15, 0.2) is 5.82 Å². The molecule has 1 atom stereocenters. The smallest absolute Gasteiger partial charge is 0.383 e. The quantitative estimate of drug-likeness (QED) is 0.221. The van der Waals surface area contributed by atoms with Crippen LogP contribution >= 0.6 is 11.8 Å². The number of nitrogens with two attached hydrogens (primary N) is 1. The zero-order valence-electron chi connectivity index (χ0n) is 21.5. The summed E-state index contributed by atoms with van der Waals surface area (Å²) in [4.78, 5) is 23.5. The van der Waals surface area contributed by atoms with Gasteiger partial charge in [-0.15, -0.1) is 11.8 Å². The van der Waals surface area contributed by atoms with Crippen LogP contribution in [0, 0.1) is 11.3 Å². The first-order valence-electron chi connectivity index (χ1n) is 11.7. The molecule has 10 nitrogen and oxygen atoms in total. The minimum atomic E-state index is -4.55. The van der Waals surface area contributed by atoms with E-state index in [0.717, 1.165) is 12.1 Å². The van der Waals surface area contributed by atoms with Crippen LogP contribution in [0.5, 0.6) is 0 Å². The molecule has 0 spiro atoms. The van der Waals surface area contributed by atoms with E-state index >= 15 is 0 Å². The molecule has 0 radical (unpaired) electrons. The lowest BCUT2D eigenvalue weighted by molar-refractivity contribution is -0.137. The highest BCUT2D eigenvalue weighted by atomic mass is 32.2. The van der Waals surface area contributed by atoms with Gasteiger partial charge in [-0.1, -0.05) is 6.07 Å². The number of nitrogens with one attached hydrogen (secondary N) is 2. The lowest BCUT2D eigenvalue weighted by atomic mass is 10.1. The Kier molecular flexibility index (Phi) is 12.5. The lowest BCUT2D eigenvalue weighted by Crippen LogP contribution is -2.37. The van der Waals surface area contributed by atoms with Crippen molar-refractivity contribution in [2.75, 3.05) is 69.7 Å². The maximum atomic E-state index is 13.3. The number of nitrogens with zero attached hydrogens (tertiary/aromatic N) is 4. The summed E-state index contributed by atoms with van der Waals surface area (Å²) in [6.07, 6.45) is -2.01. The third kappa shape index (κ3) is 9.64. The Morgan fingerprint density at radius 1 is 1.21 bits per heavy atom. The molecule has 0 bridgehead atoms.